The average Bonchev–Trinajstić information content (AvgIpc) is 2.77. The molecule has 3 aromatic rings. The number of anilines is 1. The number of ether oxygens (including phenoxy) is 2. The summed E-state index contributed by atoms with van der Waals surface area (Å²) in [7, 11) is 0. The molecule has 1 atom stereocenters. The van der Waals surface area contributed by atoms with Crippen LogP contribution in [0.4, 0.5) is 5.82 Å². The summed E-state index contributed by atoms with van der Waals surface area (Å²) in [4.78, 5) is 23.0. The summed E-state index contributed by atoms with van der Waals surface area (Å²) in [5.41, 5.74) is 3.72. The van der Waals surface area contributed by atoms with Gasteiger partial charge in [-0.25, -0.2) is 4.98 Å². The van der Waals surface area contributed by atoms with E-state index in [1.807, 2.05) is 66.9 Å². The van der Waals surface area contributed by atoms with Crippen molar-refractivity contribution in [2.75, 3.05) is 18.1 Å². The summed E-state index contributed by atoms with van der Waals surface area (Å²) in [5, 5.41) is 0. The van der Waals surface area contributed by atoms with Gasteiger partial charge in [-0.05, 0) is 20.8 Å². The van der Waals surface area contributed by atoms with Gasteiger partial charge in [-0.2, -0.15) is 0 Å². The predicted octanol–water partition coefficient (Wildman–Crippen LogP) is 4.95. The molecule has 2 aromatic carbocycles. The lowest BCUT2D eigenvalue weighted by molar-refractivity contribution is -0.171. The van der Waals surface area contributed by atoms with E-state index in [1.165, 1.54) is 6.92 Å². The third-order valence-corrected chi connectivity index (χ3v) is 4.79. The van der Waals surface area contributed by atoms with Crippen LogP contribution >= 0.6 is 0 Å². The molecule has 1 unspecified atom stereocenters. The number of esters is 1. The Morgan fingerprint density at radius 1 is 0.935 bits per heavy atom. The van der Waals surface area contributed by atoms with Crippen molar-refractivity contribution >= 4 is 11.8 Å². The summed E-state index contributed by atoms with van der Waals surface area (Å²) in [6.07, 6.45) is 1.22. The topological polar surface area (TPSA) is 64.6 Å². The number of carbonyl (C=O) groups excluding carboxylic acids is 1. The van der Waals surface area contributed by atoms with E-state index in [9.17, 15) is 4.79 Å². The average molecular weight is 420 g/mol. The van der Waals surface area contributed by atoms with Gasteiger partial charge < -0.3 is 14.4 Å². The van der Waals surface area contributed by atoms with Crippen LogP contribution in [0.15, 0.2) is 66.9 Å². The third-order valence-electron chi connectivity index (χ3n) is 4.79. The Labute approximate surface area is 183 Å². The minimum Gasteiger partial charge on any atom is -0.436 e. The molecule has 0 aliphatic carbocycles. The quantitative estimate of drug-likeness (QED) is 0.361. The molecule has 3 rings (SSSR count). The Kier molecular flexibility index (Phi) is 7.73. The zero-order chi connectivity index (χ0) is 22.2. The molecule has 6 heteroatoms. The lowest BCUT2D eigenvalue weighted by atomic mass is 10.0. The van der Waals surface area contributed by atoms with Crippen LogP contribution in [0, 0.1) is 0 Å². The highest BCUT2D eigenvalue weighted by atomic mass is 16.7. The Hall–Kier alpha value is -3.25. The van der Waals surface area contributed by atoms with Crippen molar-refractivity contribution in [1.29, 1.82) is 0 Å². The summed E-state index contributed by atoms with van der Waals surface area (Å²) in [5.74, 6) is 0.417. The molecule has 6 nitrogen and oxygen atoms in total. The van der Waals surface area contributed by atoms with Crippen LogP contribution in [0.25, 0.3) is 22.5 Å². The maximum atomic E-state index is 11.1. The zero-order valence-electron chi connectivity index (χ0n) is 18.5. The summed E-state index contributed by atoms with van der Waals surface area (Å²) < 4.78 is 10.7. The highest BCUT2D eigenvalue weighted by molar-refractivity contribution is 5.78. The van der Waals surface area contributed by atoms with Crippen LogP contribution in [0.3, 0.4) is 0 Å². The molecule has 0 saturated heterocycles. The normalized spacial score (nSPS) is 11.9. The fourth-order valence-electron chi connectivity index (χ4n) is 3.34. The zero-order valence-corrected chi connectivity index (χ0v) is 18.5. The van der Waals surface area contributed by atoms with Crippen molar-refractivity contribution in [2.24, 2.45) is 0 Å². The molecule has 162 valence electrons. The first-order valence-electron chi connectivity index (χ1n) is 10.5. The van der Waals surface area contributed by atoms with Crippen molar-refractivity contribution < 1.29 is 14.3 Å². The fraction of sp³-hybridized carbons (Fsp3) is 0.320. The summed E-state index contributed by atoms with van der Waals surface area (Å²) in [6, 6.07) is 20.4. The maximum absolute atomic E-state index is 11.1. The van der Waals surface area contributed by atoms with Gasteiger partial charge in [-0.3, -0.25) is 9.78 Å². The van der Waals surface area contributed by atoms with Crippen molar-refractivity contribution in [3.63, 3.8) is 0 Å². The lowest BCUT2D eigenvalue weighted by Crippen LogP contribution is -2.35. The molecule has 31 heavy (non-hydrogen) atoms. The molecule has 0 aliphatic heterocycles. The molecule has 0 fully saturated rings. The molecule has 0 aliphatic rings. The van der Waals surface area contributed by atoms with Crippen molar-refractivity contribution in [3.05, 3.63) is 66.9 Å². The molecule has 0 bridgehead atoms. The van der Waals surface area contributed by atoms with Crippen LogP contribution in [0.5, 0.6) is 0 Å². The van der Waals surface area contributed by atoms with Crippen LogP contribution in [-0.2, 0) is 14.3 Å². The molecule has 0 saturated carbocycles. The number of aromatic nitrogens is 2. The first-order chi connectivity index (χ1) is 15.0. The molecule has 1 aromatic heterocycles. The maximum Gasteiger partial charge on any atom is 0.304 e. The van der Waals surface area contributed by atoms with Crippen LogP contribution < -0.4 is 4.90 Å². The van der Waals surface area contributed by atoms with E-state index in [0.29, 0.717) is 13.2 Å². The lowest BCUT2D eigenvalue weighted by Gasteiger charge is -2.28. The van der Waals surface area contributed by atoms with Crippen LogP contribution in [-0.4, -0.2) is 41.4 Å². The van der Waals surface area contributed by atoms with Gasteiger partial charge in [0.05, 0.1) is 24.2 Å². The van der Waals surface area contributed by atoms with Crippen molar-refractivity contribution in [3.8, 4) is 22.5 Å². The second kappa shape index (κ2) is 10.7. The van der Waals surface area contributed by atoms with Gasteiger partial charge in [0.15, 0.2) is 6.29 Å². The van der Waals surface area contributed by atoms with Crippen LogP contribution in [0.2, 0.25) is 0 Å². The number of hydrogen-bond acceptors (Lipinski definition) is 6. The van der Waals surface area contributed by atoms with Crippen molar-refractivity contribution in [1.82, 2.24) is 9.97 Å². The van der Waals surface area contributed by atoms with Gasteiger partial charge in [-0.1, -0.05) is 60.7 Å². The standard InChI is InChI=1S/C25H29N3O3/c1-18(2)28(15-16-30-20(4)31-19(3)29)23-17-26-24(21-11-7-5-8-12-21)25(27-23)22-13-9-6-10-14-22/h5-14,17-18,20H,15-16H2,1-4H3. The van der Waals surface area contributed by atoms with E-state index in [4.69, 9.17) is 19.4 Å². The second-order valence-corrected chi connectivity index (χ2v) is 7.49. The van der Waals surface area contributed by atoms with E-state index >= 15 is 0 Å². The van der Waals surface area contributed by atoms with Crippen LogP contribution in [0.1, 0.15) is 27.7 Å². The van der Waals surface area contributed by atoms with Gasteiger partial charge in [0.1, 0.15) is 5.82 Å². The molecule has 0 spiro atoms. The highest BCUT2D eigenvalue weighted by Crippen LogP contribution is 2.30. The summed E-state index contributed by atoms with van der Waals surface area (Å²) in [6.45, 7) is 8.28. The van der Waals surface area contributed by atoms with E-state index in [0.717, 1.165) is 28.3 Å². The van der Waals surface area contributed by atoms with E-state index < -0.39 is 6.29 Å². The van der Waals surface area contributed by atoms with E-state index in [-0.39, 0.29) is 12.0 Å². The van der Waals surface area contributed by atoms with Gasteiger partial charge in [-0.15, -0.1) is 0 Å². The highest BCUT2D eigenvalue weighted by Gasteiger charge is 2.18. The first kappa shape index (κ1) is 22.4. The third kappa shape index (κ3) is 6.12. The molecule has 0 N–H and O–H groups in total. The molecule has 1 heterocycles. The molecular formula is C25H29N3O3. The smallest absolute Gasteiger partial charge is 0.304 e. The number of hydrogen-bond donors (Lipinski definition) is 0. The Morgan fingerprint density at radius 3 is 2.06 bits per heavy atom. The van der Waals surface area contributed by atoms with E-state index in [2.05, 4.69) is 18.7 Å². The number of benzene rings is 2. The Balaban J connectivity index is 1.90. The van der Waals surface area contributed by atoms with Gasteiger partial charge >= 0.3 is 5.97 Å². The molecule has 0 amide bonds. The molecule has 0 radical (unpaired) electrons. The number of nitrogens with zero attached hydrogens (tertiary/aromatic N) is 3. The Morgan fingerprint density at radius 2 is 1.52 bits per heavy atom. The largest absolute Gasteiger partial charge is 0.436 e. The van der Waals surface area contributed by atoms with E-state index in [1.54, 1.807) is 6.92 Å². The van der Waals surface area contributed by atoms with Gasteiger partial charge in [0.2, 0.25) is 0 Å². The minimum absolute atomic E-state index is 0.188. The Bertz CT molecular complexity index is 978. The van der Waals surface area contributed by atoms with Gasteiger partial charge in [0, 0.05) is 30.6 Å². The summed E-state index contributed by atoms with van der Waals surface area (Å²) >= 11 is 0. The first-order valence-corrected chi connectivity index (χ1v) is 10.5. The molecular weight excluding hydrogens is 390 g/mol. The second-order valence-electron chi connectivity index (χ2n) is 7.49. The number of rotatable bonds is 9. The van der Waals surface area contributed by atoms with Gasteiger partial charge in [0.25, 0.3) is 0 Å². The SMILES string of the molecule is CC(=O)OC(C)OCCN(c1cnc(-c2ccccc2)c(-c2ccccc2)n1)C(C)C. The predicted molar refractivity (Wildman–Crippen MR) is 123 cm³/mol. The fourth-order valence-corrected chi connectivity index (χ4v) is 3.34. The monoisotopic (exact) mass is 419 g/mol. The number of carbonyl (C=O) groups is 1. The van der Waals surface area contributed by atoms with Crippen molar-refractivity contribution in [2.45, 2.75) is 40.0 Å². The minimum atomic E-state index is -0.585.